The average molecular weight is 367 g/mol. The lowest BCUT2D eigenvalue weighted by molar-refractivity contribution is 0.454. The van der Waals surface area contributed by atoms with Crippen LogP contribution in [-0.2, 0) is 0 Å². The summed E-state index contributed by atoms with van der Waals surface area (Å²) in [5.74, 6) is 1.57. The van der Waals surface area contributed by atoms with Gasteiger partial charge in [-0.1, -0.05) is 27.7 Å². The first kappa shape index (κ1) is 14.3. The summed E-state index contributed by atoms with van der Waals surface area (Å²) < 4.78 is 12.0. The molecule has 8 heteroatoms. The molecule has 6 nitrogen and oxygen atoms in total. The first-order valence-electron chi connectivity index (χ1n) is 6.18. The molecule has 108 valence electrons. The second-order valence-corrected chi connectivity index (χ2v) is 6.51. The Morgan fingerprint density at radius 1 is 1.05 bits per heavy atom. The first-order valence-corrected chi connectivity index (χ1v) is 7.85. The zero-order valence-electron chi connectivity index (χ0n) is 11.3. The van der Waals surface area contributed by atoms with Crippen LogP contribution in [0.3, 0.4) is 0 Å². The lowest BCUT2D eigenvalue weighted by Gasteiger charge is -2.01. The molecule has 0 N–H and O–H groups in total. The minimum Gasteiger partial charge on any atom is -0.424 e. The number of halogens is 1. The molecular weight excluding hydrogens is 356 g/mol. The first-order chi connectivity index (χ1) is 10.1. The SMILES string of the molecule is Cc1nnc(C(C)Sc2nnc(-c3ccc(Br)cc3)o2)o1. The molecule has 2 heterocycles. The van der Waals surface area contributed by atoms with E-state index < -0.39 is 0 Å². The number of rotatable bonds is 4. The van der Waals surface area contributed by atoms with E-state index in [0.717, 1.165) is 10.0 Å². The Kier molecular flexibility index (Phi) is 4.07. The normalized spacial score (nSPS) is 12.5. The number of hydrogen-bond acceptors (Lipinski definition) is 7. The summed E-state index contributed by atoms with van der Waals surface area (Å²) in [6.07, 6.45) is 0. The molecule has 3 aromatic rings. The van der Waals surface area contributed by atoms with Crippen LogP contribution in [0.4, 0.5) is 0 Å². The highest BCUT2D eigenvalue weighted by Crippen LogP contribution is 2.34. The van der Waals surface area contributed by atoms with Gasteiger partial charge in [-0.05, 0) is 31.2 Å². The summed E-state index contributed by atoms with van der Waals surface area (Å²) in [4.78, 5) is 0. The second-order valence-electron chi connectivity index (χ2n) is 4.30. The highest BCUT2D eigenvalue weighted by atomic mass is 79.9. The Morgan fingerprint density at radius 3 is 2.48 bits per heavy atom. The molecule has 0 saturated heterocycles. The maximum Gasteiger partial charge on any atom is 0.277 e. The molecule has 0 aliphatic rings. The van der Waals surface area contributed by atoms with Crippen molar-refractivity contribution in [1.29, 1.82) is 0 Å². The molecule has 0 aliphatic carbocycles. The standard InChI is InChI=1S/C13H11BrN4O2S/c1-7(11-16-15-8(2)19-11)21-13-18-17-12(20-13)9-3-5-10(14)6-4-9/h3-7H,1-2H3. The largest absolute Gasteiger partial charge is 0.424 e. The minimum atomic E-state index is -0.0515. The van der Waals surface area contributed by atoms with E-state index in [1.54, 1.807) is 6.92 Å². The summed E-state index contributed by atoms with van der Waals surface area (Å²) in [6, 6.07) is 7.68. The Labute approximate surface area is 133 Å². The van der Waals surface area contributed by atoms with E-state index in [4.69, 9.17) is 8.83 Å². The molecular formula is C13H11BrN4O2S. The molecule has 0 radical (unpaired) electrons. The fraction of sp³-hybridized carbons (Fsp3) is 0.231. The zero-order valence-corrected chi connectivity index (χ0v) is 13.7. The van der Waals surface area contributed by atoms with Crippen LogP contribution < -0.4 is 0 Å². The van der Waals surface area contributed by atoms with Gasteiger partial charge in [-0.15, -0.1) is 20.4 Å². The Hall–Kier alpha value is -1.67. The second kappa shape index (κ2) is 5.98. The number of aryl methyl sites for hydroxylation is 1. The van der Waals surface area contributed by atoms with Crippen molar-refractivity contribution in [2.24, 2.45) is 0 Å². The van der Waals surface area contributed by atoms with E-state index in [9.17, 15) is 0 Å². The third-order valence-electron chi connectivity index (χ3n) is 2.66. The number of nitrogens with zero attached hydrogens (tertiary/aromatic N) is 4. The number of thioether (sulfide) groups is 1. The Bertz CT molecular complexity index is 741. The fourth-order valence-corrected chi connectivity index (χ4v) is 2.62. The molecule has 1 atom stereocenters. The van der Waals surface area contributed by atoms with E-state index in [-0.39, 0.29) is 5.25 Å². The number of aromatic nitrogens is 4. The highest BCUT2D eigenvalue weighted by molar-refractivity contribution is 9.10. The smallest absolute Gasteiger partial charge is 0.277 e. The van der Waals surface area contributed by atoms with Gasteiger partial charge in [-0.25, -0.2) is 0 Å². The summed E-state index contributed by atoms with van der Waals surface area (Å²) in [5, 5.41) is 16.3. The van der Waals surface area contributed by atoms with Crippen LogP contribution >= 0.6 is 27.7 Å². The molecule has 21 heavy (non-hydrogen) atoms. The summed E-state index contributed by atoms with van der Waals surface area (Å²) in [7, 11) is 0. The molecule has 1 aromatic carbocycles. The monoisotopic (exact) mass is 366 g/mol. The van der Waals surface area contributed by atoms with E-state index in [1.165, 1.54) is 11.8 Å². The van der Waals surface area contributed by atoms with Crippen molar-refractivity contribution < 1.29 is 8.83 Å². The van der Waals surface area contributed by atoms with Crippen molar-refractivity contribution in [2.75, 3.05) is 0 Å². The highest BCUT2D eigenvalue weighted by Gasteiger charge is 2.18. The van der Waals surface area contributed by atoms with Crippen molar-refractivity contribution in [3.05, 3.63) is 40.5 Å². The van der Waals surface area contributed by atoms with Gasteiger partial charge in [0.2, 0.25) is 17.7 Å². The third-order valence-corrected chi connectivity index (χ3v) is 4.12. The van der Waals surface area contributed by atoms with Crippen molar-refractivity contribution in [3.8, 4) is 11.5 Å². The van der Waals surface area contributed by atoms with E-state index in [0.29, 0.717) is 22.9 Å². The van der Waals surface area contributed by atoms with Gasteiger partial charge >= 0.3 is 0 Å². The number of benzene rings is 1. The lowest BCUT2D eigenvalue weighted by Crippen LogP contribution is -1.88. The van der Waals surface area contributed by atoms with E-state index >= 15 is 0 Å². The quantitative estimate of drug-likeness (QED) is 0.644. The Morgan fingerprint density at radius 2 is 1.81 bits per heavy atom. The molecule has 0 spiro atoms. The molecule has 0 saturated carbocycles. The van der Waals surface area contributed by atoms with Gasteiger partial charge in [0.15, 0.2) is 0 Å². The van der Waals surface area contributed by atoms with Crippen LogP contribution in [0.15, 0.2) is 42.8 Å². The van der Waals surface area contributed by atoms with Gasteiger partial charge in [-0.3, -0.25) is 0 Å². The zero-order chi connectivity index (χ0) is 14.8. The molecule has 0 fully saturated rings. The summed E-state index contributed by atoms with van der Waals surface area (Å²) >= 11 is 4.77. The van der Waals surface area contributed by atoms with Gasteiger partial charge < -0.3 is 8.83 Å². The van der Waals surface area contributed by atoms with Gasteiger partial charge in [0, 0.05) is 17.0 Å². The van der Waals surface area contributed by atoms with E-state index in [1.807, 2.05) is 31.2 Å². The van der Waals surface area contributed by atoms with Crippen molar-refractivity contribution in [1.82, 2.24) is 20.4 Å². The maximum absolute atomic E-state index is 5.64. The molecule has 2 aromatic heterocycles. The van der Waals surface area contributed by atoms with Crippen molar-refractivity contribution in [3.63, 3.8) is 0 Å². The van der Waals surface area contributed by atoms with Crippen LogP contribution in [0.5, 0.6) is 0 Å². The van der Waals surface area contributed by atoms with Crippen LogP contribution in [0.1, 0.15) is 24.0 Å². The number of hydrogen-bond donors (Lipinski definition) is 0. The minimum absolute atomic E-state index is 0.0515. The van der Waals surface area contributed by atoms with Gasteiger partial charge in [0.1, 0.15) is 0 Å². The topological polar surface area (TPSA) is 77.8 Å². The molecule has 0 bridgehead atoms. The van der Waals surface area contributed by atoms with Crippen LogP contribution in [0.2, 0.25) is 0 Å². The predicted molar refractivity (Wildman–Crippen MR) is 80.7 cm³/mol. The van der Waals surface area contributed by atoms with Crippen LogP contribution in [0.25, 0.3) is 11.5 Å². The molecule has 3 rings (SSSR count). The molecule has 1 unspecified atom stereocenters. The fourth-order valence-electron chi connectivity index (χ4n) is 1.64. The van der Waals surface area contributed by atoms with Crippen LogP contribution in [-0.4, -0.2) is 20.4 Å². The predicted octanol–water partition coefficient (Wildman–Crippen LogP) is 4.04. The molecule has 0 aliphatic heterocycles. The third kappa shape index (κ3) is 3.33. The summed E-state index contributed by atoms with van der Waals surface area (Å²) in [5.41, 5.74) is 0.874. The summed E-state index contributed by atoms with van der Waals surface area (Å²) in [6.45, 7) is 3.70. The van der Waals surface area contributed by atoms with Crippen LogP contribution in [0, 0.1) is 6.92 Å². The Balaban J connectivity index is 1.74. The maximum atomic E-state index is 5.64. The average Bonchev–Trinajstić information content (AvgIpc) is 3.09. The van der Waals surface area contributed by atoms with Gasteiger partial charge in [0.25, 0.3) is 5.22 Å². The van der Waals surface area contributed by atoms with Gasteiger partial charge in [0.05, 0.1) is 5.25 Å². The van der Waals surface area contributed by atoms with E-state index in [2.05, 4.69) is 36.3 Å². The van der Waals surface area contributed by atoms with Gasteiger partial charge in [-0.2, -0.15) is 0 Å². The van der Waals surface area contributed by atoms with Crippen molar-refractivity contribution in [2.45, 2.75) is 24.3 Å². The lowest BCUT2D eigenvalue weighted by atomic mass is 10.2. The molecule has 0 amide bonds. The van der Waals surface area contributed by atoms with Crippen molar-refractivity contribution >= 4 is 27.7 Å².